The molecule has 0 spiro atoms. The number of fused-ring (bicyclic) bond motifs is 1. The summed E-state index contributed by atoms with van der Waals surface area (Å²) < 4.78 is 42.7. The summed E-state index contributed by atoms with van der Waals surface area (Å²) in [7, 11) is 0. The second-order valence-electron chi connectivity index (χ2n) is 6.14. The molecule has 3 rings (SSSR count). The topological polar surface area (TPSA) is 50.7 Å². The van der Waals surface area contributed by atoms with Gasteiger partial charge in [0, 0.05) is 16.6 Å². The van der Waals surface area contributed by atoms with Crippen molar-refractivity contribution in [1.29, 1.82) is 0 Å². The number of rotatable bonds is 3. The number of pyridine rings is 1. The van der Waals surface area contributed by atoms with Crippen LogP contribution in [0.5, 0.6) is 0 Å². The molecular formula is C18H15ClF3N3OS. The van der Waals surface area contributed by atoms with Crippen LogP contribution in [-0.2, 0) is 6.18 Å². The number of benzene rings is 1. The van der Waals surface area contributed by atoms with E-state index in [0.717, 1.165) is 6.07 Å². The maximum atomic E-state index is 13.7. The van der Waals surface area contributed by atoms with Crippen molar-refractivity contribution in [3.63, 3.8) is 0 Å². The number of alkyl halides is 3. The van der Waals surface area contributed by atoms with Crippen molar-refractivity contribution in [1.82, 2.24) is 14.5 Å². The zero-order valence-electron chi connectivity index (χ0n) is 14.4. The van der Waals surface area contributed by atoms with Crippen molar-refractivity contribution in [2.45, 2.75) is 32.5 Å². The normalized spacial score (nSPS) is 13.1. The van der Waals surface area contributed by atoms with E-state index < -0.39 is 22.7 Å². The second kappa shape index (κ2) is 7.09. The minimum atomic E-state index is -4.73. The van der Waals surface area contributed by atoms with Crippen molar-refractivity contribution < 1.29 is 13.2 Å². The number of nitrogens with zero attached hydrogens (tertiary/aromatic N) is 2. The van der Waals surface area contributed by atoms with Gasteiger partial charge < -0.3 is 0 Å². The van der Waals surface area contributed by atoms with Gasteiger partial charge in [0.15, 0.2) is 4.77 Å². The highest BCUT2D eigenvalue weighted by molar-refractivity contribution is 7.71. The third-order valence-electron chi connectivity index (χ3n) is 4.37. The monoisotopic (exact) mass is 413 g/mol. The molecule has 2 heterocycles. The lowest BCUT2D eigenvalue weighted by Gasteiger charge is -2.19. The summed E-state index contributed by atoms with van der Waals surface area (Å²) in [6, 6.07) is 6.92. The number of nitrogens with one attached hydrogen (secondary N) is 1. The lowest BCUT2D eigenvalue weighted by atomic mass is 10.1. The number of H-pyrrole nitrogens is 1. The Morgan fingerprint density at radius 2 is 1.93 bits per heavy atom. The molecule has 0 amide bonds. The highest BCUT2D eigenvalue weighted by Gasteiger charge is 2.35. The molecule has 0 radical (unpaired) electrons. The average molecular weight is 414 g/mol. The fraction of sp³-hybridized carbons (Fsp3) is 0.278. The molecule has 0 aliphatic rings. The van der Waals surface area contributed by atoms with E-state index in [2.05, 4.69) is 9.97 Å². The van der Waals surface area contributed by atoms with E-state index >= 15 is 0 Å². The number of hydrogen-bond acceptors (Lipinski definition) is 3. The molecule has 0 saturated heterocycles. The van der Waals surface area contributed by atoms with Crippen molar-refractivity contribution in [3.8, 4) is 11.3 Å². The van der Waals surface area contributed by atoms with Gasteiger partial charge in [-0.3, -0.25) is 14.3 Å². The molecule has 2 aromatic heterocycles. The predicted molar refractivity (Wildman–Crippen MR) is 102 cm³/mol. The SMILES string of the molecule is CCC(C)n1c(=S)[nH]c(=O)c2c(C(F)(F)F)cc(-c3ccc(Cl)cc3)nc21. The molecule has 4 nitrogen and oxygen atoms in total. The smallest absolute Gasteiger partial charge is 0.300 e. The minimum Gasteiger partial charge on any atom is -0.300 e. The summed E-state index contributed by atoms with van der Waals surface area (Å²) in [5, 5.41) is -0.0661. The van der Waals surface area contributed by atoms with Crippen molar-refractivity contribution >= 4 is 34.9 Å². The molecule has 27 heavy (non-hydrogen) atoms. The molecule has 1 atom stereocenters. The summed E-state index contributed by atoms with van der Waals surface area (Å²) >= 11 is 11.1. The lowest BCUT2D eigenvalue weighted by Crippen LogP contribution is -2.22. The van der Waals surface area contributed by atoms with Crippen LogP contribution in [0, 0.1) is 4.77 Å². The highest BCUT2D eigenvalue weighted by atomic mass is 35.5. The molecule has 0 saturated carbocycles. The first-order valence-corrected chi connectivity index (χ1v) is 8.94. The molecule has 3 aromatic rings. The first-order chi connectivity index (χ1) is 12.6. The minimum absolute atomic E-state index is 0.0377. The Labute approximate surface area is 162 Å². The zero-order chi connectivity index (χ0) is 19.9. The Bertz CT molecular complexity index is 1120. The van der Waals surface area contributed by atoms with Crippen LogP contribution >= 0.6 is 23.8 Å². The largest absolute Gasteiger partial charge is 0.417 e. The maximum Gasteiger partial charge on any atom is 0.417 e. The van der Waals surface area contributed by atoms with Gasteiger partial charge in [0.1, 0.15) is 5.65 Å². The van der Waals surface area contributed by atoms with Gasteiger partial charge in [-0.1, -0.05) is 30.7 Å². The number of hydrogen-bond donors (Lipinski definition) is 1. The van der Waals surface area contributed by atoms with Gasteiger partial charge in [-0.2, -0.15) is 13.2 Å². The number of halogens is 4. The second-order valence-corrected chi connectivity index (χ2v) is 6.97. The summed E-state index contributed by atoms with van der Waals surface area (Å²) in [6.07, 6.45) is -4.13. The van der Waals surface area contributed by atoms with E-state index in [1.165, 1.54) is 4.57 Å². The van der Waals surface area contributed by atoms with Crippen LogP contribution in [0.25, 0.3) is 22.3 Å². The predicted octanol–water partition coefficient (Wildman–Crippen LogP) is 5.76. The zero-order valence-corrected chi connectivity index (χ0v) is 16.0. The maximum absolute atomic E-state index is 13.7. The number of aromatic nitrogens is 3. The Hall–Kier alpha value is -2.19. The van der Waals surface area contributed by atoms with Crippen LogP contribution in [-0.4, -0.2) is 14.5 Å². The molecule has 0 aliphatic carbocycles. The standard InChI is InChI=1S/C18H15ClF3N3OS/c1-3-9(2)25-15-14(16(26)24-17(25)27)12(18(20,21)22)8-13(23-15)10-4-6-11(19)7-5-10/h4-9H,3H2,1-2H3,(H,24,26,27). The third kappa shape index (κ3) is 3.64. The number of aromatic amines is 1. The quantitative estimate of drug-likeness (QED) is 0.555. The molecule has 1 aromatic carbocycles. The van der Waals surface area contributed by atoms with E-state index in [9.17, 15) is 18.0 Å². The van der Waals surface area contributed by atoms with E-state index in [-0.39, 0.29) is 22.2 Å². The van der Waals surface area contributed by atoms with Gasteiger partial charge in [0.2, 0.25) is 0 Å². The fourth-order valence-corrected chi connectivity index (χ4v) is 3.31. The molecule has 9 heteroatoms. The van der Waals surface area contributed by atoms with E-state index in [1.54, 1.807) is 31.2 Å². The highest BCUT2D eigenvalue weighted by Crippen LogP contribution is 2.36. The molecule has 0 bridgehead atoms. The molecule has 1 N–H and O–H groups in total. The average Bonchev–Trinajstić information content (AvgIpc) is 2.60. The van der Waals surface area contributed by atoms with Gasteiger partial charge in [-0.05, 0) is 43.8 Å². The van der Waals surface area contributed by atoms with Crippen LogP contribution < -0.4 is 5.56 Å². The van der Waals surface area contributed by atoms with E-state index in [4.69, 9.17) is 23.8 Å². The van der Waals surface area contributed by atoms with Crippen molar-refractivity contribution in [2.24, 2.45) is 0 Å². The summed E-state index contributed by atoms with van der Waals surface area (Å²) in [6.45, 7) is 3.68. The van der Waals surface area contributed by atoms with Gasteiger partial charge in [0.25, 0.3) is 5.56 Å². The van der Waals surface area contributed by atoms with Gasteiger partial charge in [-0.15, -0.1) is 0 Å². The third-order valence-corrected chi connectivity index (χ3v) is 4.92. The molecule has 142 valence electrons. The van der Waals surface area contributed by atoms with Crippen LogP contribution in [0.15, 0.2) is 35.1 Å². The Morgan fingerprint density at radius 1 is 1.30 bits per heavy atom. The van der Waals surface area contributed by atoms with Crippen molar-refractivity contribution in [3.05, 3.63) is 56.0 Å². The van der Waals surface area contributed by atoms with Crippen LogP contribution in [0.1, 0.15) is 31.9 Å². The molecular weight excluding hydrogens is 399 g/mol. The van der Waals surface area contributed by atoms with Gasteiger partial charge in [0.05, 0.1) is 16.6 Å². The molecule has 0 aliphatic heterocycles. The van der Waals surface area contributed by atoms with E-state index in [1.807, 2.05) is 6.92 Å². The fourth-order valence-electron chi connectivity index (χ4n) is 2.83. The Morgan fingerprint density at radius 3 is 2.48 bits per heavy atom. The van der Waals surface area contributed by atoms with Gasteiger partial charge >= 0.3 is 6.18 Å². The first kappa shape index (κ1) is 19.6. The van der Waals surface area contributed by atoms with Crippen molar-refractivity contribution in [2.75, 3.05) is 0 Å². The van der Waals surface area contributed by atoms with Crippen LogP contribution in [0.3, 0.4) is 0 Å². The molecule has 1 unspecified atom stereocenters. The Kier molecular flexibility index (Phi) is 5.14. The van der Waals surface area contributed by atoms with Crippen LogP contribution in [0.4, 0.5) is 13.2 Å². The summed E-state index contributed by atoms with van der Waals surface area (Å²) in [4.78, 5) is 19.0. The van der Waals surface area contributed by atoms with E-state index in [0.29, 0.717) is 17.0 Å². The first-order valence-electron chi connectivity index (χ1n) is 8.16. The summed E-state index contributed by atoms with van der Waals surface area (Å²) in [5.41, 5.74) is -1.50. The summed E-state index contributed by atoms with van der Waals surface area (Å²) in [5.74, 6) is 0. The Balaban J connectivity index is 2.49. The molecule has 0 fully saturated rings. The van der Waals surface area contributed by atoms with Crippen LogP contribution in [0.2, 0.25) is 5.02 Å². The van der Waals surface area contributed by atoms with Gasteiger partial charge in [-0.25, -0.2) is 4.98 Å². The lowest BCUT2D eigenvalue weighted by molar-refractivity contribution is -0.136.